The van der Waals surface area contributed by atoms with Crippen molar-refractivity contribution in [3.63, 3.8) is 0 Å². The molecule has 1 heterocycles. The molecule has 1 aromatic heterocycles. The first-order valence-corrected chi connectivity index (χ1v) is 23.1. The van der Waals surface area contributed by atoms with Crippen LogP contribution in [0.25, 0.3) is 60.9 Å². The lowest BCUT2D eigenvalue weighted by Gasteiger charge is -2.35. The second-order valence-corrected chi connectivity index (χ2v) is 18.5. The van der Waals surface area contributed by atoms with E-state index in [1.165, 1.54) is 94.3 Å². The van der Waals surface area contributed by atoms with E-state index in [9.17, 15) is 0 Å². The number of rotatable bonds is 7. The van der Waals surface area contributed by atoms with Gasteiger partial charge >= 0.3 is 0 Å². The Labute approximate surface area is 386 Å². The van der Waals surface area contributed by atoms with E-state index in [1.807, 2.05) is 0 Å². The number of para-hydroxylation sites is 2. The molecule has 0 spiro atoms. The molecule has 66 heavy (non-hydrogen) atoms. The number of fused-ring (bicyclic) bond motifs is 9. The van der Waals surface area contributed by atoms with Crippen molar-refractivity contribution in [2.75, 3.05) is 4.90 Å². The summed E-state index contributed by atoms with van der Waals surface area (Å²) in [6, 6.07) is 90.0. The Morgan fingerprint density at radius 3 is 1.50 bits per heavy atom. The maximum atomic E-state index is 2.48. The molecule has 312 valence electrons. The Morgan fingerprint density at radius 2 is 0.818 bits per heavy atom. The van der Waals surface area contributed by atoms with Gasteiger partial charge < -0.3 is 9.47 Å². The Morgan fingerprint density at radius 1 is 0.333 bits per heavy atom. The highest BCUT2D eigenvalue weighted by atomic mass is 15.1. The lowest BCUT2D eigenvalue weighted by Crippen LogP contribution is -2.28. The molecule has 0 fully saturated rings. The smallest absolute Gasteiger partial charge is 0.0714 e. The van der Waals surface area contributed by atoms with Gasteiger partial charge in [-0.15, -0.1) is 0 Å². The summed E-state index contributed by atoms with van der Waals surface area (Å²) in [5, 5.41) is 2.50. The zero-order valence-electron chi connectivity index (χ0n) is 37.0. The lowest BCUT2D eigenvalue weighted by atomic mass is 9.67. The third kappa shape index (κ3) is 5.55. The number of hydrogen-bond donors (Lipinski definition) is 0. The summed E-state index contributed by atoms with van der Waals surface area (Å²) in [5.41, 5.74) is 21.7. The largest absolute Gasteiger partial charge is 0.310 e. The Balaban J connectivity index is 0.994. The van der Waals surface area contributed by atoms with Crippen molar-refractivity contribution in [1.82, 2.24) is 4.57 Å². The molecule has 0 aliphatic heterocycles. The molecule has 0 N–H and O–H groups in total. The van der Waals surface area contributed by atoms with Crippen molar-refractivity contribution >= 4 is 38.9 Å². The van der Waals surface area contributed by atoms with Crippen LogP contribution in [0.5, 0.6) is 0 Å². The molecule has 0 saturated carbocycles. The third-order valence-corrected chi connectivity index (χ3v) is 14.7. The van der Waals surface area contributed by atoms with Gasteiger partial charge in [0.05, 0.1) is 16.4 Å². The molecule has 0 bridgehead atoms. The van der Waals surface area contributed by atoms with E-state index >= 15 is 0 Å². The van der Waals surface area contributed by atoms with Gasteiger partial charge in [0.15, 0.2) is 0 Å². The third-order valence-electron chi connectivity index (χ3n) is 14.7. The van der Waals surface area contributed by atoms with Gasteiger partial charge in [0.25, 0.3) is 0 Å². The Hall–Kier alpha value is -8.20. The molecule has 2 heteroatoms. The van der Waals surface area contributed by atoms with Crippen LogP contribution in [0.4, 0.5) is 17.1 Å². The molecule has 0 saturated heterocycles. The molecule has 0 amide bonds. The first-order chi connectivity index (χ1) is 32.5. The summed E-state index contributed by atoms with van der Waals surface area (Å²) < 4.78 is 2.38. The number of nitrogens with zero attached hydrogens (tertiary/aromatic N) is 2. The van der Waals surface area contributed by atoms with Crippen LogP contribution in [-0.4, -0.2) is 4.57 Å². The molecule has 11 aromatic rings. The predicted octanol–water partition coefficient (Wildman–Crippen LogP) is 16.6. The summed E-state index contributed by atoms with van der Waals surface area (Å²) in [6.45, 7) is 4.74. The average molecular weight is 843 g/mol. The van der Waals surface area contributed by atoms with Crippen molar-refractivity contribution in [2.45, 2.75) is 24.7 Å². The van der Waals surface area contributed by atoms with Crippen LogP contribution < -0.4 is 4.90 Å². The number of benzene rings is 10. The van der Waals surface area contributed by atoms with Gasteiger partial charge in [0, 0.05) is 38.9 Å². The fourth-order valence-corrected chi connectivity index (χ4v) is 11.7. The Kier molecular flexibility index (Phi) is 8.51. The molecule has 10 aromatic carbocycles. The van der Waals surface area contributed by atoms with E-state index in [1.54, 1.807) is 0 Å². The molecule has 0 radical (unpaired) electrons. The van der Waals surface area contributed by atoms with E-state index in [0.29, 0.717) is 0 Å². The normalized spacial score (nSPS) is 13.8. The topological polar surface area (TPSA) is 8.17 Å². The SMILES string of the molecule is CC1(C)c2ccccc2-c2ccc(N(c3ccc(-c4ccc5c(c4)c4ccccc4n5-c4ccccc4)cc3)c3ccc4c(c3)C(c3ccccc3)(c3ccccc3)c3ccccc3-4)cc21. The van der Waals surface area contributed by atoms with Crippen molar-refractivity contribution in [2.24, 2.45) is 0 Å². The molecular formula is C64H46N2. The highest BCUT2D eigenvalue weighted by molar-refractivity contribution is 6.10. The molecular weight excluding hydrogens is 797 g/mol. The summed E-state index contributed by atoms with van der Waals surface area (Å²) in [4.78, 5) is 2.48. The predicted molar refractivity (Wildman–Crippen MR) is 276 cm³/mol. The fraction of sp³-hybridized carbons (Fsp3) is 0.0625. The zero-order valence-corrected chi connectivity index (χ0v) is 37.0. The molecule has 2 aliphatic rings. The van der Waals surface area contributed by atoms with Crippen LogP contribution in [0.1, 0.15) is 47.2 Å². The van der Waals surface area contributed by atoms with Gasteiger partial charge in [-0.25, -0.2) is 0 Å². The molecule has 2 nitrogen and oxygen atoms in total. The van der Waals surface area contributed by atoms with E-state index in [0.717, 1.165) is 17.1 Å². The van der Waals surface area contributed by atoms with Crippen molar-refractivity contribution in [1.29, 1.82) is 0 Å². The van der Waals surface area contributed by atoms with Crippen molar-refractivity contribution < 1.29 is 0 Å². The zero-order chi connectivity index (χ0) is 44.0. The van der Waals surface area contributed by atoms with Crippen molar-refractivity contribution in [3.05, 3.63) is 276 Å². The van der Waals surface area contributed by atoms with Crippen LogP contribution in [0, 0.1) is 0 Å². The minimum absolute atomic E-state index is 0.144. The van der Waals surface area contributed by atoms with Crippen LogP contribution in [0.2, 0.25) is 0 Å². The van der Waals surface area contributed by atoms with Gasteiger partial charge in [-0.2, -0.15) is 0 Å². The summed E-state index contributed by atoms with van der Waals surface area (Å²) in [6.07, 6.45) is 0. The molecule has 2 aliphatic carbocycles. The quantitative estimate of drug-likeness (QED) is 0.155. The van der Waals surface area contributed by atoms with Gasteiger partial charge in [-0.3, -0.25) is 0 Å². The Bertz CT molecular complexity index is 3620. The van der Waals surface area contributed by atoms with E-state index in [-0.39, 0.29) is 5.41 Å². The first-order valence-electron chi connectivity index (χ1n) is 23.1. The van der Waals surface area contributed by atoms with E-state index < -0.39 is 5.41 Å². The maximum Gasteiger partial charge on any atom is 0.0714 e. The van der Waals surface area contributed by atoms with Crippen LogP contribution in [-0.2, 0) is 10.8 Å². The first kappa shape index (κ1) is 38.3. The summed E-state index contributed by atoms with van der Waals surface area (Å²) in [7, 11) is 0. The molecule has 13 rings (SSSR count). The number of anilines is 3. The minimum atomic E-state index is -0.510. The second-order valence-electron chi connectivity index (χ2n) is 18.5. The number of hydrogen-bond acceptors (Lipinski definition) is 1. The fourth-order valence-electron chi connectivity index (χ4n) is 11.7. The average Bonchev–Trinajstić information content (AvgIpc) is 3.95. The molecule has 0 unspecified atom stereocenters. The lowest BCUT2D eigenvalue weighted by molar-refractivity contribution is 0.660. The van der Waals surface area contributed by atoms with Crippen molar-refractivity contribution in [3.8, 4) is 39.1 Å². The van der Waals surface area contributed by atoms with Crippen LogP contribution in [0.15, 0.2) is 243 Å². The molecule has 0 atom stereocenters. The van der Waals surface area contributed by atoms with E-state index in [4.69, 9.17) is 0 Å². The highest BCUT2D eigenvalue weighted by Crippen LogP contribution is 2.58. The van der Waals surface area contributed by atoms with Gasteiger partial charge in [0.1, 0.15) is 0 Å². The van der Waals surface area contributed by atoms with Gasteiger partial charge in [0.2, 0.25) is 0 Å². The standard InChI is InChI=1S/C64H46N2/c1-63(2)57-27-15-12-24-51(57)53-37-35-49(41-59(53)63)65(48-33-30-43(31-34-48)44-32-39-62-56(40-44)55-26-14-17-29-61(55)66(62)47-22-10-5-11-23-47)50-36-38-54-52-25-13-16-28-58(52)64(60(54)42-50,45-18-6-3-7-19-45)46-20-8-4-9-21-46/h3-42H,1-2H3. The van der Waals surface area contributed by atoms with Gasteiger partial charge in [-0.1, -0.05) is 190 Å². The highest BCUT2D eigenvalue weighted by Gasteiger charge is 2.46. The minimum Gasteiger partial charge on any atom is -0.310 e. The summed E-state index contributed by atoms with van der Waals surface area (Å²) >= 11 is 0. The monoisotopic (exact) mass is 842 g/mol. The summed E-state index contributed by atoms with van der Waals surface area (Å²) in [5.74, 6) is 0. The maximum absolute atomic E-state index is 2.48. The van der Waals surface area contributed by atoms with Crippen LogP contribution in [0.3, 0.4) is 0 Å². The second kappa shape index (κ2) is 14.7. The number of aromatic nitrogens is 1. The van der Waals surface area contributed by atoms with E-state index in [2.05, 4.69) is 266 Å². The van der Waals surface area contributed by atoms with Crippen LogP contribution >= 0.6 is 0 Å². The van der Waals surface area contributed by atoms with Gasteiger partial charge in [-0.05, 0) is 133 Å².